The molecule has 0 aliphatic rings. The summed E-state index contributed by atoms with van der Waals surface area (Å²) in [5.74, 6) is 0.464. The molecule has 0 unspecified atom stereocenters. The first-order chi connectivity index (χ1) is 6.88. The van der Waals surface area contributed by atoms with E-state index in [0.29, 0.717) is 18.8 Å². The summed E-state index contributed by atoms with van der Waals surface area (Å²) < 4.78 is 4.62. The van der Waals surface area contributed by atoms with Crippen molar-refractivity contribution in [2.45, 2.75) is 40.5 Å². The highest BCUT2D eigenvalue weighted by molar-refractivity contribution is 5.81. The highest BCUT2D eigenvalue weighted by Gasteiger charge is 2.22. The normalized spacial score (nSPS) is 13.0. The lowest BCUT2D eigenvalue weighted by Gasteiger charge is -2.19. The summed E-state index contributed by atoms with van der Waals surface area (Å²) in [5, 5.41) is 0. The molecule has 0 aromatic rings. The molecule has 0 rings (SSSR count). The van der Waals surface area contributed by atoms with E-state index in [1.807, 2.05) is 27.7 Å². The molecule has 0 N–H and O–H groups in total. The number of esters is 1. The average Bonchev–Trinajstić information content (AvgIpc) is 2.15. The SMILES string of the molecule is COC(=O)C[C@@H](CC(=O)C(C)C)C(C)C. The molecule has 0 spiro atoms. The van der Waals surface area contributed by atoms with Crippen molar-refractivity contribution in [3.8, 4) is 0 Å². The lowest BCUT2D eigenvalue weighted by atomic mass is 9.85. The fourth-order valence-electron chi connectivity index (χ4n) is 1.34. The fraction of sp³-hybridized carbons (Fsp3) is 0.833. The average molecular weight is 214 g/mol. The minimum atomic E-state index is -0.231. The van der Waals surface area contributed by atoms with E-state index in [1.165, 1.54) is 7.11 Å². The van der Waals surface area contributed by atoms with E-state index in [2.05, 4.69) is 4.74 Å². The van der Waals surface area contributed by atoms with Crippen LogP contribution in [-0.2, 0) is 14.3 Å². The Morgan fingerprint density at radius 2 is 1.60 bits per heavy atom. The number of hydrogen-bond donors (Lipinski definition) is 0. The molecule has 0 radical (unpaired) electrons. The molecule has 0 aromatic carbocycles. The van der Waals surface area contributed by atoms with E-state index < -0.39 is 0 Å². The van der Waals surface area contributed by atoms with Gasteiger partial charge in [0.2, 0.25) is 0 Å². The quantitative estimate of drug-likeness (QED) is 0.638. The van der Waals surface area contributed by atoms with Gasteiger partial charge in [-0.05, 0) is 11.8 Å². The summed E-state index contributed by atoms with van der Waals surface area (Å²) in [6.45, 7) is 7.83. The van der Waals surface area contributed by atoms with Gasteiger partial charge in [0.25, 0.3) is 0 Å². The van der Waals surface area contributed by atoms with Crippen LogP contribution in [0.5, 0.6) is 0 Å². The van der Waals surface area contributed by atoms with Crippen molar-refractivity contribution >= 4 is 11.8 Å². The zero-order valence-electron chi connectivity index (χ0n) is 10.4. The number of Topliss-reactive ketones (excluding diaryl/α,β-unsaturated/α-hetero) is 1. The van der Waals surface area contributed by atoms with Crippen molar-refractivity contribution in [1.82, 2.24) is 0 Å². The summed E-state index contributed by atoms with van der Waals surface area (Å²) in [6.07, 6.45) is 0.817. The lowest BCUT2D eigenvalue weighted by molar-refractivity contribution is -0.142. The molecule has 0 bridgehead atoms. The Bertz CT molecular complexity index is 219. The third kappa shape index (κ3) is 5.55. The number of rotatable bonds is 6. The van der Waals surface area contributed by atoms with Crippen LogP contribution < -0.4 is 0 Å². The highest BCUT2D eigenvalue weighted by atomic mass is 16.5. The molecule has 0 fully saturated rings. The zero-order chi connectivity index (χ0) is 12.0. The minimum Gasteiger partial charge on any atom is -0.469 e. The van der Waals surface area contributed by atoms with Gasteiger partial charge >= 0.3 is 5.97 Å². The Labute approximate surface area is 92.2 Å². The van der Waals surface area contributed by atoms with E-state index >= 15 is 0 Å². The predicted octanol–water partition coefficient (Wildman–Crippen LogP) is 2.44. The summed E-state index contributed by atoms with van der Waals surface area (Å²) in [6, 6.07) is 0. The van der Waals surface area contributed by atoms with Crippen molar-refractivity contribution in [2.75, 3.05) is 7.11 Å². The van der Waals surface area contributed by atoms with Crippen LogP contribution in [0.4, 0.5) is 0 Å². The van der Waals surface area contributed by atoms with Gasteiger partial charge in [0, 0.05) is 18.8 Å². The molecule has 0 aromatic heterocycles. The van der Waals surface area contributed by atoms with E-state index in [1.54, 1.807) is 0 Å². The summed E-state index contributed by atoms with van der Waals surface area (Å²) in [7, 11) is 1.38. The molecular formula is C12H22O3. The topological polar surface area (TPSA) is 43.4 Å². The number of carbonyl (C=O) groups is 2. The third-order valence-electron chi connectivity index (χ3n) is 2.71. The molecule has 0 heterocycles. The van der Waals surface area contributed by atoms with Gasteiger partial charge in [0.1, 0.15) is 5.78 Å². The van der Waals surface area contributed by atoms with Gasteiger partial charge in [-0.3, -0.25) is 9.59 Å². The van der Waals surface area contributed by atoms with Crippen LogP contribution in [0.15, 0.2) is 0 Å². The number of hydrogen-bond acceptors (Lipinski definition) is 3. The molecule has 0 aliphatic heterocycles. The smallest absolute Gasteiger partial charge is 0.305 e. The number of methoxy groups -OCH3 is 1. The molecule has 3 nitrogen and oxygen atoms in total. The Kier molecular flexibility index (Phi) is 6.21. The first-order valence-corrected chi connectivity index (χ1v) is 5.48. The van der Waals surface area contributed by atoms with E-state index in [4.69, 9.17) is 0 Å². The molecule has 0 saturated carbocycles. The molecular weight excluding hydrogens is 192 g/mol. The Morgan fingerprint density at radius 1 is 1.07 bits per heavy atom. The first-order valence-electron chi connectivity index (χ1n) is 5.48. The van der Waals surface area contributed by atoms with Gasteiger partial charge in [-0.25, -0.2) is 0 Å². The Hall–Kier alpha value is -0.860. The second-order valence-corrected chi connectivity index (χ2v) is 4.61. The maximum absolute atomic E-state index is 11.6. The summed E-state index contributed by atoms with van der Waals surface area (Å²) >= 11 is 0. The Balaban J connectivity index is 4.28. The van der Waals surface area contributed by atoms with Crippen LogP contribution in [0.3, 0.4) is 0 Å². The van der Waals surface area contributed by atoms with Crippen molar-refractivity contribution in [1.29, 1.82) is 0 Å². The monoisotopic (exact) mass is 214 g/mol. The number of ketones is 1. The molecule has 1 atom stereocenters. The van der Waals surface area contributed by atoms with Crippen LogP contribution in [-0.4, -0.2) is 18.9 Å². The van der Waals surface area contributed by atoms with Crippen molar-refractivity contribution in [2.24, 2.45) is 17.8 Å². The highest BCUT2D eigenvalue weighted by Crippen LogP contribution is 2.21. The van der Waals surface area contributed by atoms with E-state index in [9.17, 15) is 9.59 Å². The molecule has 0 aliphatic carbocycles. The van der Waals surface area contributed by atoms with Gasteiger partial charge in [0.05, 0.1) is 7.11 Å². The van der Waals surface area contributed by atoms with Crippen LogP contribution >= 0.6 is 0 Å². The van der Waals surface area contributed by atoms with E-state index in [-0.39, 0.29) is 23.6 Å². The lowest BCUT2D eigenvalue weighted by Crippen LogP contribution is -2.21. The number of ether oxygens (including phenoxy) is 1. The van der Waals surface area contributed by atoms with Crippen LogP contribution in [0.2, 0.25) is 0 Å². The van der Waals surface area contributed by atoms with Gasteiger partial charge in [-0.1, -0.05) is 27.7 Å². The minimum absolute atomic E-state index is 0.0453. The molecule has 3 heteroatoms. The largest absolute Gasteiger partial charge is 0.469 e. The third-order valence-corrected chi connectivity index (χ3v) is 2.71. The van der Waals surface area contributed by atoms with Gasteiger partial charge in [-0.15, -0.1) is 0 Å². The van der Waals surface area contributed by atoms with Crippen LogP contribution in [0.25, 0.3) is 0 Å². The summed E-state index contributed by atoms with van der Waals surface area (Å²) in [5.41, 5.74) is 0. The van der Waals surface area contributed by atoms with Crippen LogP contribution in [0, 0.1) is 17.8 Å². The van der Waals surface area contributed by atoms with Gasteiger partial charge < -0.3 is 4.74 Å². The van der Waals surface area contributed by atoms with Crippen molar-refractivity contribution < 1.29 is 14.3 Å². The van der Waals surface area contributed by atoms with Crippen molar-refractivity contribution in [3.63, 3.8) is 0 Å². The number of carbonyl (C=O) groups excluding carboxylic acids is 2. The maximum Gasteiger partial charge on any atom is 0.305 e. The summed E-state index contributed by atoms with van der Waals surface area (Å²) in [4.78, 5) is 22.7. The molecule has 15 heavy (non-hydrogen) atoms. The van der Waals surface area contributed by atoms with E-state index in [0.717, 1.165) is 0 Å². The molecule has 88 valence electrons. The second-order valence-electron chi connectivity index (χ2n) is 4.61. The fourth-order valence-corrected chi connectivity index (χ4v) is 1.34. The molecule has 0 amide bonds. The zero-order valence-corrected chi connectivity index (χ0v) is 10.4. The molecule has 0 saturated heterocycles. The standard InChI is InChI=1S/C12H22O3/c1-8(2)10(7-12(14)15-5)6-11(13)9(3)4/h8-10H,6-7H2,1-5H3/t10-/m1/s1. The Morgan fingerprint density at radius 3 is 1.93 bits per heavy atom. The van der Waals surface area contributed by atoms with Crippen molar-refractivity contribution in [3.05, 3.63) is 0 Å². The van der Waals surface area contributed by atoms with Gasteiger partial charge in [0.15, 0.2) is 0 Å². The maximum atomic E-state index is 11.6. The second kappa shape index (κ2) is 6.59. The van der Waals surface area contributed by atoms with Crippen LogP contribution in [0.1, 0.15) is 40.5 Å². The first kappa shape index (κ1) is 14.1. The predicted molar refractivity (Wildman–Crippen MR) is 59.4 cm³/mol. The van der Waals surface area contributed by atoms with Gasteiger partial charge in [-0.2, -0.15) is 0 Å².